The molecule has 0 spiro atoms. The highest BCUT2D eigenvalue weighted by molar-refractivity contribution is 7.89. The van der Waals surface area contributed by atoms with Gasteiger partial charge in [-0.05, 0) is 76.1 Å². The van der Waals surface area contributed by atoms with Crippen molar-refractivity contribution in [2.24, 2.45) is 5.92 Å². The van der Waals surface area contributed by atoms with Crippen molar-refractivity contribution in [2.75, 3.05) is 32.7 Å². The monoisotopic (exact) mass is 435 g/mol. The average Bonchev–Trinajstić information content (AvgIpc) is 3.27. The minimum atomic E-state index is -3.38. The van der Waals surface area contributed by atoms with Gasteiger partial charge in [0.05, 0.1) is 4.90 Å². The summed E-state index contributed by atoms with van der Waals surface area (Å²) in [6.45, 7) is 10.7. The van der Waals surface area contributed by atoms with E-state index < -0.39 is 10.0 Å². The van der Waals surface area contributed by atoms with E-state index in [0.29, 0.717) is 43.3 Å². The number of likely N-dealkylation sites (tertiary alicyclic amines) is 1. The lowest BCUT2D eigenvalue weighted by Crippen LogP contribution is -2.54. The van der Waals surface area contributed by atoms with E-state index in [2.05, 4.69) is 31.0 Å². The molecule has 7 heteroatoms. The van der Waals surface area contributed by atoms with Crippen LogP contribution in [0, 0.1) is 5.92 Å². The second-order valence-corrected chi connectivity index (χ2v) is 11.5. The summed E-state index contributed by atoms with van der Waals surface area (Å²) >= 11 is 0. The van der Waals surface area contributed by atoms with Gasteiger partial charge in [0, 0.05) is 38.1 Å². The summed E-state index contributed by atoms with van der Waals surface area (Å²) in [6.07, 6.45) is 5.39. The summed E-state index contributed by atoms with van der Waals surface area (Å²) in [5.74, 6) is 0.757. The maximum atomic E-state index is 12.6. The summed E-state index contributed by atoms with van der Waals surface area (Å²) in [4.78, 5) is 15.2. The Kier molecular flexibility index (Phi) is 7.58. The van der Waals surface area contributed by atoms with Crippen LogP contribution in [0.25, 0.3) is 0 Å². The number of carbonyl (C=O) groups is 1. The van der Waals surface area contributed by atoms with E-state index >= 15 is 0 Å². The highest BCUT2D eigenvalue weighted by Gasteiger charge is 2.30. The van der Waals surface area contributed by atoms with Gasteiger partial charge in [0.2, 0.25) is 15.9 Å². The Labute approximate surface area is 182 Å². The Bertz CT molecular complexity index is 815. The predicted octanol–water partition coefficient (Wildman–Crippen LogP) is 3.03. The minimum absolute atomic E-state index is 0.0434. The molecule has 1 atom stereocenters. The number of amides is 1. The summed E-state index contributed by atoms with van der Waals surface area (Å²) in [7, 11) is -3.38. The minimum Gasteiger partial charge on any atom is -0.354 e. The van der Waals surface area contributed by atoms with E-state index in [0.717, 1.165) is 31.5 Å². The SMILES string of the molecule is CC1CCCN(C(C)(C)CNC(=O)CCc2ccc(S(=O)(=O)N3CCCC3)cc2)C1. The van der Waals surface area contributed by atoms with Crippen molar-refractivity contribution in [1.29, 1.82) is 0 Å². The molecule has 0 aromatic heterocycles. The lowest BCUT2D eigenvalue weighted by molar-refractivity contribution is -0.121. The van der Waals surface area contributed by atoms with Crippen LogP contribution in [0.4, 0.5) is 0 Å². The molecule has 2 saturated heterocycles. The van der Waals surface area contributed by atoms with Crippen LogP contribution in [0.3, 0.4) is 0 Å². The lowest BCUT2D eigenvalue weighted by atomic mass is 9.93. The fraction of sp³-hybridized carbons (Fsp3) is 0.696. The van der Waals surface area contributed by atoms with Crippen molar-refractivity contribution in [3.05, 3.63) is 29.8 Å². The highest BCUT2D eigenvalue weighted by Crippen LogP contribution is 2.24. The molecule has 168 valence electrons. The molecule has 1 unspecified atom stereocenters. The van der Waals surface area contributed by atoms with Crippen LogP contribution < -0.4 is 5.32 Å². The molecule has 1 N–H and O–H groups in total. The Morgan fingerprint density at radius 3 is 2.40 bits per heavy atom. The number of carbonyl (C=O) groups excluding carboxylic acids is 1. The maximum absolute atomic E-state index is 12.6. The van der Waals surface area contributed by atoms with Crippen LogP contribution in [0.15, 0.2) is 29.2 Å². The van der Waals surface area contributed by atoms with Gasteiger partial charge in [-0.2, -0.15) is 4.31 Å². The topological polar surface area (TPSA) is 69.7 Å². The molecule has 2 aliphatic heterocycles. The van der Waals surface area contributed by atoms with Crippen LogP contribution in [0.5, 0.6) is 0 Å². The Balaban J connectivity index is 1.46. The summed E-state index contributed by atoms with van der Waals surface area (Å²) in [5.41, 5.74) is 0.935. The molecule has 3 rings (SSSR count). The zero-order chi connectivity index (χ0) is 21.8. The third-order valence-electron chi connectivity index (χ3n) is 6.50. The number of rotatable bonds is 8. The average molecular weight is 436 g/mol. The van der Waals surface area contributed by atoms with Gasteiger partial charge in [0.15, 0.2) is 0 Å². The molecule has 2 aliphatic rings. The molecule has 0 bridgehead atoms. The van der Waals surface area contributed by atoms with E-state index in [4.69, 9.17) is 0 Å². The van der Waals surface area contributed by atoms with E-state index in [-0.39, 0.29) is 11.4 Å². The number of nitrogens with one attached hydrogen (secondary N) is 1. The summed E-state index contributed by atoms with van der Waals surface area (Å²) < 4.78 is 26.8. The molecule has 2 fully saturated rings. The van der Waals surface area contributed by atoms with E-state index in [1.54, 1.807) is 16.4 Å². The third kappa shape index (κ3) is 5.83. The van der Waals surface area contributed by atoms with Crippen molar-refractivity contribution < 1.29 is 13.2 Å². The molecule has 1 aromatic rings. The first-order chi connectivity index (χ1) is 14.2. The van der Waals surface area contributed by atoms with Gasteiger partial charge in [-0.25, -0.2) is 8.42 Å². The molecule has 1 aromatic carbocycles. The molecule has 0 radical (unpaired) electrons. The molecule has 0 aliphatic carbocycles. The van der Waals surface area contributed by atoms with Crippen molar-refractivity contribution in [3.8, 4) is 0 Å². The number of nitrogens with zero attached hydrogens (tertiary/aromatic N) is 2. The van der Waals surface area contributed by atoms with Crippen molar-refractivity contribution >= 4 is 15.9 Å². The fourth-order valence-electron chi connectivity index (χ4n) is 4.42. The van der Waals surface area contributed by atoms with Crippen LogP contribution in [-0.4, -0.2) is 61.8 Å². The summed E-state index contributed by atoms with van der Waals surface area (Å²) in [5, 5.41) is 3.09. The lowest BCUT2D eigenvalue weighted by Gasteiger charge is -2.43. The zero-order valence-electron chi connectivity index (χ0n) is 18.7. The first-order valence-electron chi connectivity index (χ1n) is 11.3. The van der Waals surface area contributed by atoms with Gasteiger partial charge in [-0.1, -0.05) is 19.1 Å². The van der Waals surface area contributed by atoms with Crippen molar-refractivity contribution in [2.45, 2.75) is 69.7 Å². The van der Waals surface area contributed by atoms with Crippen LogP contribution in [0.1, 0.15) is 58.4 Å². The Morgan fingerprint density at radius 2 is 1.77 bits per heavy atom. The Hall–Kier alpha value is -1.44. The smallest absolute Gasteiger partial charge is 0.243 e. The number of piperidine rings is 1. The molecular weight excluding hydrogens is 398 g/mol. The molecule has 0 saturated carbocycles. The van der Waals surface area contributed by atoms with Crippen LogP contribution in [-0.2, 0) is 21.2 Å². The van der Waals surface area contributed by atoms with Crippen molar-refractivity contribution in [3.63, 3.8) is 0 Å². The number of aryl methyl sites for hydroxylation is 1. The molecule has 2 heterocycles. The number of benzene rings is 1. The molecule has 30 heavy (non-hydrogen) atoms. The molecule has 6 nitrogen and oxygen atoms in total. The van der Waals surface area contributed by atoms with Gasteiger partial charge >= 0.3 is 0 Å². The van der Waals surface area contributed by atoms with Crippen LogP contribution >= 0.6 is 0 Å². The Morgan fingerprint density at radius 1 is 1.10 bits per heavy atom. The van der Waals surface area contributed by atoms with Gasteiger partial charge in [-0.15, -0.1) is 0 Å². The summed E-state index contributed by atoms with van der Waals surface area (Å²) in [6, 6.07) is 6.99. The standard InChI is InChI=1S/C23H37N3O3S/c1-19-7-6-14-25(17-19)23(2,3)18-24-22(27)13-10-20-8-11-21(12-9-20)30(28,29)26-15-4-5-16-26/h8-9,11-12,19H,4-7,10,13-18H2,1-3H3,(H,24,27). The third-order valence-corrected chi connectivity index (χ3v) is 8.41. The van der Waals surface area contributed by atoms with E-state index in [1.165, 1.54) is 12.8 Å². The first-order valence-corrected chi connectivity index (χ1v) is 12.7. The quantitative estimate of drug-likeness (QED) is 0.681. The second-order valence-electron chi connectivity index (χ2n) is 9.54. The highest BCUT2D eigenvalue weighted by atomic mass is 32.2. The molecular formula is C23H37N3O3S. The number of hydrogen-bond acceptors (Lipinski definition) is 4. The van der Waals surface area contributed by atoms with E-state index in [9.17, 15) is 13.2 Å². The maximum Gasteiger partial charge on any atom is 0.243 e. The van der Waals surface area contributed by atoms with E-state index in [1.807, 2.05) is 12.1 Å². The van der Waals surface area contributed by atoms with Gasteiger partial charge in [-0.3, -0.25) is 9.69 Å². The number of hydrogen-bond donors (Lipinski definition) is 1. The van der Waals surface area contributed by atoms with Gasteiger partial charge < -0.3 is 5.32 Å². The van der Waals surface area contributed by atoms with Crippen LogP contribution in [0.2, 0.25) is 0 Å². The number of sulfonamides is 1. The predicted molar refractivity (Wildman–Crippen MR) is 120 cm³/mol. The normalized spacial score (nSPS) is 21.6. The fourth-order valence-corrected chi connectivity index (χ4v) is 5.93. The van der Waals surface area contributed by atoms with Gasteiger partial charge in [0.1, 0.15) is 0 Å². The zero-order valence-corrected chi connectivity index (χ0v) is 19.5. The first kappa shape index (κ1) is 23.2. The second kappa shape index (κ2) is 9.79. The van der Waals surface area contributed by atoms with Gasteiger partial charge in [0.25, 0.3) is 0 Å². The van der Waals surface area contributed by atoms with Crippen molar-refractivity contribution in [1.82, 2.24) is 14.5 Å². The largest absolute Gasteiger partial charge is 0.354 e. The molecule has 1 amide bonds.